The SMILES string of the molecule is CC(C)C(NC(=O)CNC(=O)C1CCCN1C(=O)C(NC(=O)CNC(=O)C(NC(=O)CNC(=O)C1CCCN1C(=O)C(NC(=O)CN)C(C)C)C(C)C)C(C)C)C(=O)O. The average Bonchev–Trinajstić information content (AvgIpc) is 3.87. The van der Waals surface area contributed by atoms with Crippen LogP contribution in [0.1, 0.15) is 81.1 Å². The maximum absolute atomic E-state index is 13.7. The number of aliphatic carboxylic acids is 1. The van der Waals surface area contributed by atoms with Gasteiger partial charge in [0.25, 0.3) is 0 Å². The van der Waals surface area contributed by atoms with E-state index < -0.39 is 133 Å². The van der Waals surface area contributed by atoms with E-state index in [1.165, 1.54) is 9.80 Å². The predicted molar refractivity (Wildman–Crippen MR) is 212 cm³/mol. The zero-order chi connectivity index (χ0) is 44.7. The van der Waals surface area contributed by atoms with Gasteiger partial charge in [-0.25, -0.2) is 4.79 Å². The highest BCUT2D eigenvalue weighted by molar-refractivity contribution is 5.97. The highest BCUT2D eigenvalue weighted by atomic mass is 16.4. The van der Waals surface area contributed by atoms with E-state index in [-0.39, 0.29) is 25.6 Å². The number of carbonyl (C=O) groups is 10. The summed E-state index contributed by atoms with van der Waals surface area (Å²) in [7, 11) is 0. The Morgan fingerprint density at radius 1 is 0.525 bits per heavy atom. The van der Waals surface area contributed by atoms with Gasteiger partial charge in [0.2, 0.25) is 53.2 Å². The van der Waals surface area contributed by atoms with Crippen molar-refractivity contribution in [2.24, 2.45) is 29.4 Å². The van der Waals surface area contributed by atoms with Crippen LogP contribution in [-0.2, 0) is 47.9 Å². The number of hydrogen-bond donors (Lipinski definition) is 9. The molecule has 6 atom stereocenters. The molecule has 0 aliphatic carbocycles. The molecule has 59 heavy (non-hydrogen) atoms. The van der Waals surface area contributed by atoms with Gasteiger partial charge >= 0.3 is 5.97 Å². The first-order valence-electron chi connectivity index (χ1n) is 20.1. The number of carboxylic acids is 1. The van der Waals surface area contributed by atoms with E-state index in [2.05, 4.69) is 37.2 Å². The quantitative estimate of drug-likeness (QED) is 0.0557. The van der Waals surface area contributed by atoms with Gasteiger partial charge in [-0.3, -0.25) is 43.2 Å². The molecule has 2 heterocycles. The van der Waals surface area contributed by atoms with E-state index in [0.717, 1.165) is 0 Å². The van der Waals surface area contributed by atoms with Crippen LogP contribution in [0, 0.1) is 23.7 Å². The Hall–Kier alpha value is -5.34. The van der Waals surface area contributed by atoms with E-state index in [9.17, 15) is 53.1 Å². The smallest absolute Gasteiger partial charge is 0.326 e. The first-order chi connectivity index (χ1) is 27.6. The van der Waals surface area contributed by atoms with Gasteiger partial charge in [-0.2, -0.15) is 0 Å². The number of rotatable bonds is 21. The molecule has 0 aromatic rings. The summed E-state index contributed by atoms with van der Waals surface area (Å²) in [6.07, 6.45) is 1.68. The van der Waals surface area contributed by atoms with Crippen molar-refractivity contribution >= 4 is 59.1 Å². The normalized spacial score (nSPS) is 18.5. The van der Waals surface area contributed by atoms with E-state index in [1.54, 1.807) is 55.4 Å². The fourth-order valence-corrected chi connectivity index (χ4v) is 6.79. The van der Waals surface area contributed by atoms with Crippen molar-refractivity contribution in [1.29, 1.82) is 0 Å². The monoisotopic (exact) mass is 836 g/mol. The zero-order valence-electron chi connectivity index (χ0n) is 35.3. The van der Waals surface area contributed by atoms with E-state index in [0.29, 0.717) is 25.7 Å². The van der Waals surface area contributed by atoms with Crippen LogP contribution in [0.5, 0.6) is 0 Å². The molecule has 2 aliphatic heterocycles. The molecular weight excluding hydrogens is 772 g/mol. The molecule has 6 unspecified atom stereocenters. The Balaban J connectivity index is 1.94. The summed E-state index contributed by atoms with van der Waals surface area (Å²) >= 11 is 0. The molecule has 332 valence electrons. The second-order valence-electron chi connectivity index (χ2n) is 16.2. The number of likely N-dealkylation sites (tertiary alicyclic amines) is 2. The second-order valence-corrected chi connectivity index (χ2v) is 16.2. The summed E-state index contributed by atoms with van der Waals surface area (Å²) < 4.78 is 0. The summed E-state index contributed by atoms with van der Waals surface area (Å²) in [6, 6.07) is -6.01. The lowest BCUT2D eigenvalue weighted by Gasteiger charge is -2.30. The molecule has 10 N–H and O–H groups in total. The van der Waals surface area contributed by atoms with Crippen molar-refractivity contribution in [1.82, 2.24) is 47.0 Å². The molecule has 2 aliphatic rings. The molecule has 0 radical (unpaired) electrons. The van der Waals surface area contributed by atoms with Crippen LogP contribution in [0.25, 0.3) is 0 Å². The van der Waals surface area contributed by atoms with Gasteiger partial charge in [-0.15, -0.1) is 0 Å². The summed E-state index contributed by atoms with van der Waals surface area (Å²) in [5.41, 5.74) is 5.40. The summed E-state index contributed by atoms with van der Waals surface area (Å²) in [5, 5.41) is 26.9. The first-order valence-corrected chi connectivity index (χ1v) is 20.1. The molecule has 0 aromatic carbocycles. The molecule has 21 heteroatoms. The molecular formula is C38H64N10O11. The minimum absolute atomic E-state index is 0.216. The fourth-order valence-electron chi connectivity index (χ4n) is 6.79. The first kappa shape index (κ1) is 49.8. The number of carboxylic acid groups (broad SMARTS) is 1. The molecule has 0 aromatic heterocycles. The molecule has 21 nitrogen and oxygen atoms in total. The minimum atomic E-state index is -1.21. The standard InChI is InChI=1S/C38H64N10O11/c1-19(2)29(44-26(50)16-40-33(53)23-11-9-13-47(23)36(56)30(20(3)4)43-25(49)15-39)35(55)42-18-27(51)45-31(21(5)6)37(57)48-14-10-12-24(48)34(54)41-17-28(52)46-32(22(7)8)38(58)59/h19-24,29-32H,9-18,39H2,1-8H3,(H,40,53)(H,41,54)(H,42,55)(H,43,49)(H,44,50)(H,45,51)(H,46,52)(H,58,59). The van der Waals surface area contributed by atoms with Gasteiger partial charge in [-0.1, -0.05) is 55.4 Å². The van der Waals surface area contributed by atoms with Crippen LogP contribution in [0.15, 0.2) is 0 Å². The Labute approximate surface area is 344 Å². The van der Waals surface area contributed by atoms with Gasteiger partial charge < -0.3 is 57.9 Å². The van der Waals surface area contributed by atoms with Crippen LogP contribution in [0.4, 0.5) is 0 Å². The van der Waals surface area contributed by atoms with Crippen molar-refractivity contribution in [3.8, 4) is 0 Å². The molecule has 0 bridgehead atoms. The summed E-state index contributed by atoms with van der Waals surface area (Å²) in [5.74, 6) is -8.22. The number of nitrogens with zero attached hydrogens (tertiary/aromatic N) is 2. The third kappa shape index (κ3) is 14.8. The Bertz CT molecular complexity index is 1570. The van der Waals surface area contributed by atoms with Crippen LogP contribution in [0.2, 0.25) is 0 Å². The molecule has 0 saturated carbocycles. The minimum Gasteiger partial charge on any atom is -0.480 e. The largest absolute Gasteiger partial charge is 0.480 e. The van der Waals surface area contributed by atoms with Crippen LogP contribution in [0.3, 0.4) is 0 Å². The Morgan fingerprint density at radius 3 is 1.22 bits per heavy atom. The van der Waals surface area contributed by atoms with Crippen LogP contribution < -0.4 is 43.0 Å². The van der Waals surface area contributed by atoms with Gasteiger partial charge in [0, 0.05) is 13.1 Å². The van der Waals surface area contributed by atoms with E-state index in [1.807, 2.05) is 0 Å². The molecule has 2 saturated heterocycles. The lowest BCUT2D eigenvalue weighted by molar-refractivity contribution is -0.143. The van der Waals surface area contributed by atoms with Crippen molar-refractivity contribution in [2.45, 2.75) is 117 Å². The van der Waals surface area contributed by atoms with Crippen molar-refractivity contribution in [3.63, 3.8) is 0 Å². The Morgan fingerprint density at radius 2 is 0.864 bits per heavy atom. The van der Waals surface area contributed by atoms with E-state index >= 15 is 0 Å². The topological polar surface area (TPSA) is 308 Å². The molecule has 9 amide bonds. The third-order valence-electron chi connectivity index (χ3n) is 10.1. The van der Waals surface area contributed by atoms with E-state index in [4.69, 9.17) is 5.73 Å². The lowest BCUT2D eigenvalue weighted by Crippen LogP contribution is -2.58. The Kier molecular flexibility index (Phi) is 19.7. The van der Waals surface area contributed by atoms with Gasteiger partial charge in [0.05, 0.1) is 26.2 Å². The zero-order valence-corrected chi connectivity index (χ0v) is 35.3. The lowest BCUT2D eigenvalue weighted by atomic mass is 10.0. The van der Waals surface area contributed by atoms with Crippen molar-refractivity contribution < 1.29 is 53.1 Å². The van der Waals surface area contributed by atoms with Crippen molar-refractivity contribution in [2.75, 3.05) is 39.3 Å². The highest BCUT2D eigenvalue weighted by Gasteiger charge is 2.40. The highest BCUT2D eigenvalue weighted by Crippen LogP contribution is 2.22. The van der Waals surface area contributed by atoms with Gasteiger partial charge in [0.15, 0.2) is 0 Å². The average molecular weight is 837 g/mol. The summed E-state index contributed by atoms with van der Waals surface area (Å²) in [6.45, 7) is 12.1. The van der Waals surface area contributed by atoms with Crippen molar-refractivity contribution in [3.05, 3.63) is 0 Å². The second kappa shape index (κ2) is 23.3. The van der Waals surface area contributed by atoms with Gasteiger partial charge in [-0.05, 0) is 49.4 Å². The summed E-state index contributed by atoms with van der Waals surface area (Å²) in [4.78, 5) is 131. The van der Waals surface area contributed by atoms with Crippen LogP contribution >= 0.6 is 0 Å². The molecule has 2 rings (SSSR count). The number of carbonyl (C=O) groups excluding carboxylic acids is 9. The number of hydrogen-bond acceptors (Lipinski definition) is 11. The third-order valence-corrected chi connectivity index (χ3v) is 10.1. The maximum Gasteiger partial charge on any atom is 0.326 e. The number of amides is 9. The fraction of sp³-hybridized carbons (Fsp3) is 0.737. The van der Waals surface area contributed by atoms with Crippen LogP contribution in [-0.4, -0.2) is 150 Å². The number of nitrogens with one attached hydrogen (secondary N) is 7. The predicted octanol–water partition coefficient (Wildman–Crippen LogP) is -3.08. The number of nitrogens with two attached hydrogens (primary N) is 1. The molecule has 0 spiro atoms. The molecule has 2 fully saturated rings. The maximum atomic E-state index is 13.7. The van der Waals surface area contributed by atoms with Gasteiger partial charge in [0.1, 0.15) is 36.3 Å².